The van der Waals surface area contributed by atoms with Crippen molar-refractivity contribution in [2.75, 3.05) is 5.75 Å². The highest BCUT2D eigenvalue weighted by Gasteiger charge is 1.94. The molecule has 0 bridgehead atoms. The Labute approximate surface area is 49.3 Å². The fourth-order valence-corrected chi connectivity index (χ4v) is 0.747. The van der Waals surface area contributed by atoms with Gasteiger partial charge in [-0.25, -0.2) is 4.21 Å². The molecule has 3 nitrogen and oxygen atoms in total. The quantitative estimate of drug-likeness (QED) is 0.485. The molecular weight excluding hydrogens is 134 g/mol. The Morgan fingerprint density at radius 1 is 1.86 bits per heavy atom. The number of nitrogens with two attached hydrogens (primary N) is 1. The van der Waals surface area contributed by atoms with Crippen molar-refractivity contribution in [2.45, 2.75) is 0 Å². The predicted molar refractivity (Wildman–Crippen MR) is 31.2 cm³/mol. The monoisotopic (exact) mass is 139 g/mol. The van der Waals surface area contributed by atoms with Gasteiger partial charge in [0.1, 0.15) is 5.75 Å². The molecule has 0 amide bonds. The summed E-state index contributed by atoms with van der Waals surface area (Å²) in [6.45, 7) is 0. The summed E-state index contributed by atoms with van der Waals surface area (Å²) in [5.74, 6) is -0.164. The minimum atomic E-state index is -1.52. The summed E-state index contributed by atoms with van der Waals surface area (Å²) in [4.78, 5) is 9.85. The smallest absolute Gasteiger partial charge is 0.199 e. The van der Waals surface area contributed by atoms with Crippen molar-refractivity contribution in [1.82, 2.24) is 0 Å². The van der Waals surface area contributed by atoms with Crippen LogP contribution in [-0.2, 0) is 15.8 Å². The van der Waals surface area contributed by atoms with Crippen LogP contribution in [0.15, 0.2) is 0 Å². The molecule has 0 aliphatic rings. The first-order valence-electron chi connectivity index (χ1n) is 1.47. The molecular formula is C2H5NO2S2. The first-order chi connectivity index (χ1) is 3.13. The molecule has 0 aromatic carbocycles. The topological polar surface area (TPSA) is 60.2 Å². The van der Waals surface area contributed by atoms with Gasteiger partial charge in [0.05, 0.1) is 11.0 Å². The normalized spacial score (nSPS) is 13.4. The van der Waals surface area contributed by atoms with Gasteiger partial charge in [-0.3, -0.25) is 9.93 Å². The van der Waals surface area contributed by atoms with Crippen molar-refractivity contribution >= 4 is 28.7 Å². The fraction of sp³-hybridized carbons (Fsp3) is 0.500. The standard InChI is InChI=1S/C2H5NO2S2/c3-7(5)1-2(4)6/h1,3H2,(H,4,6). The average molecular weight is 139 g/mol. The highest BCUT2D eigenvalue weighted by Crippen LogP contribution is 1.77. The first kappa shape index (κ1) is 7.13. The lowest BCUT2D eigenvalue weighted by Gasteiger charge is -1.82. The highest BCUT2D eigenvalue weighted by atomic mass is 32.2. The maximum absolute atomic E-state index is 9.87. The minimum Gasteiger partial charge on any atom is -0.286 e. The van der Waals surface area contributed by atoms with Crippen LogP contribution in [0, 0.1) is 0 Å². The Bertz CT molecular complexity index is 89.9. The zero-order chi connectivity index (χ0) is 5.86. The van der Waals surface area contributed by atoms with E-state index in [1.807, 2.05) is 0 Å². The van der Waals surface area contributed by atoms with Crippen molar-refractivity contribution in [2.24, 2.45) is 5.14 Å². The number of carbonyl (C=O) groups excluding carboxylic acids is 1. The van der Waals surface area contributed by atoms with E-state index < -0.39 is 16.1 Å². The summed E-state index contributed by atoms with van der Waals surface area (Å²) >= 11 is 3.33. The van der Waals surface area contributed by atoms with E-state index in [-0.39, 0.29) is 5.75 Å². The Balaban J connectivity index is 3.32. The largest absolute Gasteiger partial charge is 0.286 e. The number of carbonyl (C=O) groups is 1. The number of hydrogen-bond donors (Lipinski definition) is 2. The summed E-state index contributed by atoms with van der Waals surface area (Å²) in [6, 6.07) is 0. The minimum absolute atomic E-state index is 0.164. The van der Waals surface area contributed by atoms with Crippen molar-refractivity contribution in [3.05, 3.63) is 0 Å². The van der Waals surface area contributed by atoms with Crippen molar-refractivity contribution in [3.63, 3.8) is 0 Å². The van der Waals surface area contributed by atoms with Gasteiger partial charge in [-0.1, -0.05) is 0 Å². The van der Waals surface area contributed by atoms with Crippen molar-refractivity contribution in [3.8, 4) is 0 Å². The summed E-state index contributed by atoms with van der Waals surface area (Å²) in [6.07, 6.45) is 0. The van der Waals surface area contributed by atoms with E-state index in [0.717, 1.165) is 0 Å². The molecule has 2 N–H and O–H groups in total. The van der Waals surface area contributed by atoms with E-state index in [9.17, 15) is 9.00 Å². The molecule has 0 aromatic rings. The zero-order valence-corrected chi connectivity index (χ0v) is 5.17. The Hall–Kier alpha value is 0.130. The Morgan fingerprint density at radius 2 is 2.29 bits per heavy atom. The second-order valence-electron chi connectivity index (χ2n) is 0.919. The third-order valence-corrected chi connectivity index (χ3v) is 1.18. The van der Waals surface area contributed by atoms with Gasteiger partial charge in [0.15, 0.2) is 5.12 Å². The molecule has 0 saturated carbocycles. The van der Waals surface area contributed by atoms with Crippen LogP contribution in [0.3, 0.4) is 0 Å². The SMILES string of the molecule is NS(=O)CC(=O)S. The van der Waals surface area contributed by atoms with Gasteiger partial charge >= 0.3 is 0 Å². The van der Waals surface area contributed by atoms with Gasteiger partial charge in [-0.2, -0.15) is 0 Å². The molecule has 0 fully saturated rings. The van der Waals surface area contributed by atoms with E-state index in [0.29, 0.717) is 0 Å². The third-order valence-electron chi connectivity index (χ3n) is 0.266. The average Bonchev–Trinajstić information content (AvgIpc) is 1.27. The predicted octanol–water partition coefficient (Wildman–Crippen LogP) is -0.935. The van der Waals surface area contributed by atoms with Crippen LogP contribution in [0.1, 0.15) is 0 Å². The van der Waals surface area contributed by atoms with Gasteiger partial charge in [0, 0.05) is 0 Å². The zero-order valence-electron chi connectivity index (χ0n) is 3.46. The summed E-state index contributed by atoms with van der Waals surface area (Å²) < 4.78 is 9.87. The van der Waals surface area contributed by atoms with Crippen LogP contribution in [0.25, 0.3) is 0 Å². The molecule has 0 saturated heterocycles. The summed E-state index contributed by atoms with van der Waals surface area (Å²) in [5.41, 5.74) is 0. The second-order valence-corrected chi connectivity index (χ2v) is 2.47. The van der Waals surface area contributed by atoms with Crippen LogP contribution < -0.4 is 5.14 Å². The first-order valence-corrected chi connectivity index (χ1v) is 3.30. The lowest BCUT2D eigenvalue weighted by atomic mass is 10.9. The molecule has 0 rings (SSSR count). The lowest BCUT2D eigenvalue weighted by molar-refractivity contribution is -0.108. The van der Waals surface area contributed by atoms with Crippen LogP contribution >= 0.6 is 12.6 Å². The molecule has 0 heterocycles. The molecule has 42 valence electrons. The molecule has 7 heavy (non-hydrogen) atoms. The van der Waals surface area contributed by atoms with Crippen LogP contribution in [0.4, 0.5) is 0 Å². The van der Waals surface area contributed by atoms with Gasteiger partial charge in [0.25, 0.3) is 0 Å². The number of hydrogen-bond acceptors (Lipinski definition) is 2. The lowest BCUT2D eigenvalue weighted by Crippen LogP contribution is -2.11. The van der Waals surface area contributed by atoms with E-state index in [1.54, 1.807) is 0 Å². The van der Waals surface area contributed by atoms with Gasteiger partial charge in [-0.15, -0.1) is 12.6 Å². The van der Waals surface area contributed by atoms with E-state index in [1.165, 1.54) is 0 Å². The Morgan fingerprint density at radius 3 is 2.29 bits per heavy atom. The second kappa shape index (κ2) is 3.17. The van der Waals surface area contributed by atoms with E-state index >= 15 is 0 Å². The number of rotatable bonds is 2. The van der Waals surface area contributed by atoms with Crippen LogP contribution in [0.5, 0.6) is 0 Å². The fourth-order valence-electron chi connectivity index (χ4n) is 0.122. The van der Waals surface area contributed by atoms with Gasteiger partial charge in [0.2, 0.25) is 0 Å². The molecule has 1 unspecified atom stereocenters. The molecule has 0 aliphatic carbocycles. The third kappa shape index (κ3) is 6.13. The maximum Gasteiger partial charge on any atom is 0.199 e. The van der Waals surface area contributed by atoms with Gasteiger partial charge in [-0.05, 0) is 0 Å². The molecule has 5 heteroatoms. The van der Waals surface area contributed by atoms with Crippen molar-refractivity contribution in [1.29, 1.82) is 0 Å². The van der Waals surface area contributed by atoms with Crippen LogP contribution in [0.2, 0.25) is 0 Å². The summed E-state index contributed by atoms with van der Waals surface area (Å²) in [5, 5.41) is 4.25. The number of thiol groups is 1. The van der Waals surface area contributed by atoms with E-state index in [4.69, 9.17) is 5.14 Å². The maximum atomic E-state index is 9.87. The van der Waals surface area contributed by atoms with Gasteiger partial charge < -0.3 is 0 Å². The molecule has 0 aromatic heterocycles. The molecule has 0 spiro atoms. The van der Waals surface area contributed by atoms with E-state index in [2.05, 4.69) is 12.6 Å². The molecule has 1 atom stereocenters. The molecule has 0 aliphatic heterocycles. The van der Waals surface area contributed by atoms with Crippen molar-refractivity contribution < 1.29 is 9.00 Å². The molecule has 0 radical (unpaired) electrons. The Kier molecular flexibility index (Phi) is 3.23. The summed E-state index contributed by atoms with van der Waals surface area (Å²) in [7, 11) is -1.52. The van der Waals surface area contributed by atoms with Crippen LogP contribution in [-0.4, -0.2) is 15.1 Å². The highest BCUT2D eigenvalue weighted by molar-refractivity contribution is 7.99.